The predicted molar refractivity (Wildman–Crippen MR) is 66.3 cm³/mol. The molecule has 0 amide bonds. The van der Waals surface area contributed by atoms with Crippen LogP contribution in [0.15, 0.2) is 18.3 Å². The maximum atomic E-state index is 13.7. The van der Waals surface area contributed by atoms with Gasteiger partial charge in [-0.25, -0.2) is 9.37 Å². The Morgan fingerprint density at radius 3 is 2.53 bits per heavy atom. The van der Waals surface area contributed by atoms with Crippen LogP contribution in [0.2, 0.25) is 0 Å². The molecule has 1 aromatic rings. The van der Waals surface area contributed by atoms with Crippen LogP contribution in [0, 0.1) is 11.8 Å². The molecule has 19 heavy (non-hydrogen) atoms. The van der Waals surface area contributed by atoms with Crippen molar-refractivity contribution in [1.29, 1.82) is 0 Å². The van der Waals surface area contributed by atoms with E-state index in [4.69, 9.17) is 14.6 Å². The van der Waals surface area contributed by atoms with Gasteiger partial charge in [0, 0.05) is 0 Å². The fourth-order valence-corrected chi connectivity index (χ4v) is 1.18. The van der Waals surface area contributed by atoms with Gasteiger partial charge < -0.3 is 14.6 Å². The van der Waals surface area contributed by atoms with Crippen LogP contribution in [-0.2, 0) is 0 Å². The number of ether oxygens (including phenoxy) is 2. The van der Waals surface area contributed by atoms with Crippen LogP contribution in [0.3, 0.4) is 0 Å². The average molecular weight is 273 g/mol. The van der Waals surface area contributed by atoms with Crippen molar-refractivity contribution < 1.29 is 23.4 Å². The molecule has 106 valence electrons. The predicted octanol–water partition coefficient (Wildman–Crippen LogP) is 2.46. The molecule has 0 aliphatic carbocycles. The summed E-state index contributed by atoms with van der Waals surface area (Å²) in [7, 11) is 0. The second-order valence-electron chi connectivity index (χ2n) is 4.97. The Kier molecular flexibility index (Phi) is 4.83. The first-order chi connectivity index (χ1) is 8.74. The topological polar surface area (TPSA) is 51.6 Å². The number of hydrogen-bond acceptors (Lipinski definition) is 4. The van der Waals surface area contributed by atoms with Crippen LogP contribution < -0.4 is 9.47 Å². The average Bonchev–Trinajstić information content (AvgIpc) is 2.31. The number of nitrogens with zero attached hydrogens (tertiary/aromatic N) is 1. The molecule has 4 nitrogen and oxygen atoms in total. The Balaban J connectivity index is 3.06. The Labute approximate surface area is 110 Å². The summed E-state index contributed by atoms with van der Waals surface area (Å²) < 4.78 is 37.7. The van der Waals surface area contributed by atoms with Crippen LogP contribution in [0.1, 0.15) is 20.8 Å². The minimum absolute atomic E-state index is 0.154. The largest absolute Gasteiger partial charge is 0.481 e. The summed E-state index contributed by atoms with van der Waals surface area (Å²) in [5.41, 5.74) is -0.397. The lowest BCUT2D eigenvalue weighted by Crippen LogP contribution is -2.24. The molecule has 0 unspecified atom stereocenters. The van der Waals surface area contributed by atoms with Gasteiger partial charge >= 0.3 is 0 Å². The maximum absolute atomic E-state index is 13.7. The molecule has 0 bridgehead atoms. The summed E-state index contributed by atoms with van der Waals surface area (Å²) in [4.78, 5) is 3.23. The first-order valence-electron chi connectivity index (χ1n) is 5.68. The van der Waals surface area contributed by atoms with E-state index in [9.17, 15) is 8.78 Å². The van der Waals surface area contributed by atoms with Crippen LogP contribution >= 0.6 is 0 Å². The van der Waals surface area contributed by atoms with Crippen LogP contribution in [0.5, 0.6) is 11.5 Å². The van der Waals surface area contributed by atoms with Gasteiger partial charge in [-0.05, 0) is 26.3 Å². The molecule has 0 atom stereocenters. The number of aromatic nitrogens is 1. The smallest absolute Gasteiger partial charge is 0.259 e. The molecule has 0 aliphatic heterocycles. The van der Waals surface area contributed by atoms with Crippen molar-refractivity contribution in [2.75, 3.05) is 13.2 Å². The molecule has 0 aliphatic rings. The van der Waals surface area contributed by atoms with Gasteiger partial charge in [-0.15, -0.1) is 0 Å². The fourth-order valence-electron chi connectivity index (χ4n) is 1.18. The number of hydrogen-bond donors (Lipinski definition) is 1. The first kappa shape index (κ1) is 15.4. The Hall–Kier alpha value is -1.69. The molecule has 1 aromatic heterocycles. The Bertz CT molecular complexity index is 470. The molecule has 0 spiro atoms. The van der Waals surface area contributed by atoms with Gasteiger partial charge in [-0.2, -0.15) is 4.39 Å². The lowest BCUT2D eigenvalue weighted by atomic mass is 10.2. The monoisotopic (exact) mass is 273 g/mol. The highest BCUT2D eigenvalue weighted by Crippen LogP contribution is 2.34. The van der Waals surface area contributed by atoms with E-state index in [1.54, 1.807) is 20.8 Å². The summed E-state index contributed by atoms with van der Waals surface area (Å²) in [6.45, 7) is 8.12. The second-order valence-corrected chi connectivity index (χ2v) is 4.97. The third kappa shape index (κ3) is 4.48. The van der Waals surface area contributed by atoms with Crippen LogP contribution in [0.4, 0.5) is 8.78 Å². The van der Waals surface area contributed by atoms with Gasteiger partial charge in [-0.3, -0.25) is 0 Å². The molecule has 1 rings (SSSR count). The van der Waals surface area contributed by atoms with Crippen molar-refractivity contribution >= 4 is 0 Å². The first-order valence-corrected chi connectivity index (χ1v) is 5.68. The van der Waals surface area contributed by atoms with E-state index in [1.807, 2.05) is 0 Å². The molecule has 0 saturated carbocycles. The van der Waals surface area contributed by atoms with E-state index in [2.05, 4.69) is 11.6 Å². The quantitative estimate of drug-likeness (QED) is 0.661. The SMILES string of the molecule is C=C(CO)COc1c(F)ncc(F)c1OC(C)(C)C. The van der Waals surface area contributed by atoms with E-state index in [-0.39, 0.29) is 19.0 Å². The Morgan fingerprint density at radius 2 is 2.00 bits per heavy atom. The summed E-state index contributed by atoms with van der Waals surface area (Å²) in [6.07, 6.45) is 0.726. The highest BCUT2D eigenvalue weighted by molar-refractivity contribution is 5.39. The van der Waals surface area contributed by atoms with Crippen molar-refractivity contribution in [1.82, 2.24) is 4.98 Å². The summed E-state index contributed by atoms with van der Waals surface area (Å²) in [5, 5.41) is 8.80. The van der Waals surface area contributed by atoms with Gasteiger partial charge in [0.25, 0.3) is 5.95 Å². The zero-order valence-electron chi connectivity index (χ0n) is 11.2. The zero-order valence-corrected chi connectivity index (χ0v) is 11.2. The van der Waals surface area contributed by atoms with Gasteiger partial charge in [0.2, 0.25) is 11.5 Å². The number of rotatable bonds is 5. The Morgan fingerprint density at radius 1 is 1.37 bits per heavy atom. The standard InChI is InChI=1S/C13H17F2NO3/c1-8(6-17)7-18-11-10(19-13(2,3)4)9(14)5-16-12(11)15/h5,17H,1,6-7H2,2-4H3. The summed E-state index contributed by atoms with van der Waals surface area (Å²) >= 11 is 0. The van der Waals surface area contributed by atoms with Gasteiger partial charge in [-0.1, -0.05) is 6.58 Å². The lowest BCUT2D eigenvalue weighted by Gasteiger charge is -2.23. The summed E-state index contributed by atoms with van der Waals surface area (Å²) in [6, 6.07) is 0. The third-order valence-corrected chi connectivity index (χ3v) is 1.95. The zero-order chi connectivity index (χ0) is 14.6. The maximum Gasteiger partial charge on any atom is 0.259 e. The van der Waals surface area contributed by atoms with E-state index in [0.29, 0.717) is 5.57 Å². The third-order valence-electron chi connectivity index (χ3n) is 1.95. The van der Waals surface area contributed by atoms with E-state index >= 15 is 0 Å². The van der Waals surface area contributed by atoms with Gasteiger partial charge in [0.15, 0.2) is 5.82 Å². The van der Waals surface area contributed by atoms with Crippen LogP contribution in [0.25, 0.3) is 0 Å². The van der Waals surface area contributed by atoms with E-state index in [0.717, 1.165) is 6.20 Å². The van der Waals surface area contributed by atoms with Crippen LogP contribution in [-0.4, -0.2) is 28.9 Å². The fraction of sp³-hybridized carbons (Fsp3) is 0.462. The van der Waals surface area contributed by atoms with E-state index < -0.39 is 23.1 Å². The number of aliphatic hydroxyl groups excluding tert-OH is 1. The number of halogens is 2. The van der Waals surface area contributed by atoms with Gasteiger partial charge in [0.05, 0.1) is 12.8 Å². The molecule has 0 radical (unpaired) electrons. The molecular weight excluding hydrogens is 256 g/mol. The van der Waals surface area contributed by atoms with Gasteiger partial charge in [0.1, 0.15) is 12.2 Å². The second kappa shape index (κ2) is 5.97. The van der Waals surface area contributed by atoms with Crippen molar-refractivity contribution in [3.8, 4) is 11.5 Å². The number of pyridine rings is 1. The lowest BCUT2D eigenvalue weighted by molar-refractivity contribution is 0.115. The molecule has 1 N–H and O–H groups in total. The number of aliphatic hydroxyl groups is 1. The van der Waals surface area contributed by atoms with Crippen molar-refractivity contribution in [3.63, 3.8) is 0 Å². The minimum atomic E-state index is -0.980. The molecule has 6 heteroatoms. The van der Waals surface area contributed by atoms with Crippen molar-refractivity contribution in [3.05, 3.63) is 30.1 Å². The minimum Gasteiger partial charge on any atom is -0.481 e. The molecule has 1 heterocycles. The normalized spacial score (nSPS) is 11.3. The molecule has 0 fully saturated rings. The molecule has 0 aromatic carbocycles. The highest BCUT2D eigenvalue weighted by Gasteiger charge is 2.23. The summed E-state index contributed by atoms with van der Waals surface area (Å²) in [5.74, 6) is -2.57. The van der Waals surface area contributed by atoms with E-state index in [1.165, 1.54) is 0 Å². The highest BCUT2D eigenvalue weighted by atomic mass is 19.1. The van der Waals surface area contributed by atoms with Crippen molar-refractivity contribution in [2.45, 2.75) is 26.4 Å². The molecular formula is C13H17F2NO3. The van der Waals surface area contributed by atoms with Crippen molar-refractivity contribution in [2.24, 2.45) is 0 Å². The molecule has 0 saturated heterocycles.